The van der Waals surface area contributed by atoms with E-state index in [4.69, 9.17) is 9.47 Å². The molecule has 20 heavy (non-hydrogen) atoms. The minimum absolute atomic E-state index is 0.399. The lowest BCUT2D eigenvalue weighted by atomic mass is 10.00. The van der Waals surface area contributed by atoms with Gasteiger partial charge in [0.05, 0.1) is 6.61 Å². The molecular weight excluding hydrogens is 250 g/mol. The molecule has 3 heteroatoms. The van der Waals surface area contributed by atoms with Gasteiger partial charge in [0.15, 0.2) is 0 Å². The summed E-state index contributed by atoms with van der Waals surface area (Å²) in [6, 6.07) is 8.26. The SMILES string of the molecule is CCCNC(COc1cccc(OCC)c1)C(C)CC. The van der Waals surface area contributed by atoms with Crippen molar-refractivity contribution in [1.29, 1.82) is 0 Å². The minimum atomic E-state index is 0.399. The Labute approximate surface area is 123 Å². The van der Waals surface area contributed by atoms with Crippen molar-refractivity contribution < 1.29 is 9.47 Å². The third-order valence-electron chi connectivity index (χ3n) is 3.53. The van der Waals surface area contributed by atoms with Gasteiger partial charge in [-0.05, 0) is 37.9 Å². The lowest BCUT2D eigenvalue weighted by molar-refractivity contribution is 0.219. The summed E-state index contributed by atoms with van der Waals surface area (Å²) >= 11 is 0. The van der Waals surface area contributed by atoms with Crippen LogP contribution >= 0.6 is 0 Å². The number of benzene rings is 1. The molecule has 0 spiro atoms. The van der Waals surface area contributed by atoms with E-state index in [0.29, 0.717) is 25.2 Å². The Kier molecular flexibility index (Phi) is 8.12. The summed E-state index contributed by atoms with van der Waals surface area (Å²) in [5, 5.41) is 3.57. The zero-order valence-corrected chi connectivity index (χ0v) is 13.3. The Morgan fingerprint density at radius 3 is 2.40 bits per heavy atom. The van der Waals surface area contributed by atoms with Crippen molar-refractivity contribution >= 4 is 0 Å². The van der Waals surface area contributed by atoms with E-state index in [1.807, 2.05) is 31.2 Å². The summed E-state index contributed by atoms with van der Waals surface area (Å²) in [5.74, 6) is 2.35. The van der Waals surface area contributed by atoms with E-state index in [-0.39, 0.29) is 0 Å². The fourth-order valence-corrected chi connectivity index (χ4v) is 2.05. The maximum atomic E-state index is 5.93. The van der Waals surface area contributed by atoms with Crippen molar-refractivity contribution in [2.45, 2.75) is 46.6 Å². The molecule has 0 aliphatic rings. The average Bonchev–Trinajstić information content (AvgIpc) is 2.47. The minimum Gasteiger partial charge on any atom is -0.494 e. The highest BCUT2D eigenvalue weighted by Crippen LogP contribution is 2.20. The summed E-state index contributed by atoms with van der Waals surface area (Å²) in [6.07, 6.45) is 2.30. The summed E-state index contributed by atoms with van der Waals surface area (Å²) < 4.78 is 11.4. The highest BCUT2D eigenvalue weighted by Gasteiger charge is 2.15. The maximum Gasteiger partial charge on any atom is 0.123 e. The quantitative estimate of drug-likeness (QED) is 0.705. The van der Waals surface area contributed by atoms with E-state index in [2.05, 4.69) is 26.1 Å². The van der Waals surface area contributed by atoms with Gasteiger partial charge in [0.2, 0.25) is 0 Å². The highest BCUT2D eigenvalue weighted by molar-refractivity contribution is 5.32. The number of nitrogens with one attached hydrogen (secondary N) is 1. The normalized spacial score (nSPS) is 13.8. The van der Waals surface area contributed by atoms with E-state index in [1.54, 1.807) is 0 Å². The van der Waals surface area contributed by atoms with Gasteiger partial charge in [-0.25, -0.2) is 0 Å². The third kappa shape index (κ3) is 5.83. The first-order chi connectivity index (χ1) is 9.71. The molecule has 0 amide bonds. The molecule has 0 aromatic heterocycles. The zero-order chi connectivity index (χ0) is 14.8. The van der Waals surface area contributed by atoms with Crippen molar-refractivity contribution in [3.63, 3.8) is 0 Å². The lowest BCUT2D eigenvalue weighted by Gasteiger charge is -2.24. The highest BCUT2D eigenvalue weighted by atomic mass is 16.5. The molecule has 0 fully saturated rings. The summed E-state index contributed by atoms with van der Waals surface area (Å²) in [6.45, 7) is 11.1. The second-order valence-corrected chi connectivity index (χ2v) is 5.17. The van der Waals surface area contributed by atoms with Crippen LogP contribution < -0.4 is 14.8 Å². The molecule has 114 valence electrons. The molecule has 1 aromatic rings. The van der Waals surface area contributed by atoms with Gasteiger partial charge in [0.1, 0.15) is 18.1 Å². The van der Waals surface area contributed by atoms with E-state index < -0.39 is 0 Å². The standard InChI is InChI=1S/C17H29NO2/c1-5-11-18-17(14(4)6-2)13-20-16-10-8-9-15(12-16)19-7-3/h8-10,12,14,17-18H,5-7,11,13H2,1-4H3. The molecule has 0 bridgehead atoms. The van der Waals surface area contributed by atoms with Crippen LogP contribution in [-0.2, 0) is 0 Å². The van der Waals surface area contributed by atoms with Gasteiger partial charge in [0, 0.05) is 12.1 Å². The van der Waals surface area contributed by atoms with Crippen LogP contribution in [0.3, 0.4) is 0 Å². The first-order valence-corrected chi connectivity index (χ1v) is 7.80. The molecule has 1 aromatic carbocycles. The Morgan fingerprint density at radius 2 is 1.80 bits per heavy atom. The van der Waals surface area contributed by atoms with Gasteiger partial charge in [-0.2, -0.15) is 0 Å². The molecule has 3 nitrogen and oxygen atoms in total. The molecule has 2 unspecified atom stereocenters. The van der Waals surface area contributed by atoms with E-state index >= 15 is 0 Å². The van der Waals surface area contributed by atoms with Crippen molar-refractivity contribution in [3.8, 4) is 11.5 Å². The fourth-order valence-electron chi connectivity index (χ4n) is 2.05. The van der Waals surface area contributed by atoms with Crippen molar-refractivity contribution in [3.05, 3.63) is 24.3 Å². The van der Waals surface area contributed by atoms with Gasteiger partial charge in [0.25, 0.3) is 0 Å². The van der Waals surface area contributed by atoms with Crippen LogP contribution in [0.15, 0.2) is 24.3 Å². The topological polar surface area (TPSA) is 30.5 Å². The van der Waals surface area contributed by atoms with Gasteiger partial charge >= 0.3 is 0 Å². The maximum absolute atomic E-state index is 5.93. The van der Waals surface area contributed by atoms with Gasteiger partial charge in [-0.15, -0.1) is 0 Å². The number of hydrogen-bond donors (Lipinski definition) is 1. The molecule has 0 radical (unpaired) electrons. The van der Waals surface area contributed by atoms with E-state index in [1.165, 1.54) is 0 Å². The second kappa shape index (κ2) is 9.65. The van der Waals surface area contributed by atoms with Crippen molar-refractivity contribution in [2.75, 3.05) is 19.8 Å². The molecular formula is C17H29NO2. The van der Waals surface area contributed by atoms with E-state index in [0.717, 1.165) is 30.9 Å². The smallest absolute Gasteiger partial charge is 0.123 e. The first-order valence-electron chi connectivity index (χ1n) is 7.80. The predicted molar refractivity (Wildman–Crippen MR) is 84.6 cm³/mol. The second-order valence-electron chi connectivity index (χ2n) is 5.17. The number of hydrogen-bond acceptors (Lipinski definition) is 3. The molecule has 2 atom stereocenters. The fraction of sp³-hybridized carbons (Fsp3) is 0.647. The van der Waals surface area contributed by atoms with Crippen LogP contribution in [0.2, 0.25) is 0 Å². The number of rotatable bonds is 10. The van der Waals surface area contributed by atoms with Gasteiger partial charge in [-0.3, -0.25) is 0 Å². The summed E-state index contributed by atoms with van der Waals surface area (Å²) in [4.78, 5) is 0. The largest absolute Gasteiger partial charge is 0.494 e. The molecule has 0 aliphatic heterocycles. The van der Waals surface area contributed by atoms with Crippen LogP contribution in [0.4, 0.5) is 0 Å². The van der Waals surface area contributed by atoms with E-state index in [9.17, 15) is 0 Å². The lowest BCUT2D eigenvalue weighted by Crippen LogP contribution is -2.40. The molecule has 1 rings (SSSR count). The van der Waals surface area contributed by atoms with Crippen molar-refractivity contribution in [2.24, 2.45) is 5.92 Å². The molecule has 0 saturated heterocycles. The van der Waals surface area contributed by atoms with Crippen LogP contribution in [-0.4, -0.2) is 25.8 Å². The zero-order valence-electron chi connectivity index (χ0n) is 13.3. The Morgan fingerprint density at radius 1 is 1.10 bits per heavy atom. The Bertz CT molecular complexity index is 368. The van der Waals surface area contributed by atoms with Crippen LogP contribution in [0.25, 0.3) is 0 Å². The molecule has 0 saturated carbocycles. The number of ether oxygens (including phenoxy) is 2. The third-order valence-corrected chi connectivity index (χ3v) is 3.53. The monoisotopic (exact) mass is 279 g/mol. The first kappa shape index (κ1) is 16.8. The molecule has 0 heterocycles. The van der Waals surface area contributed by atoms with Crippen LogP contribution in [0.5, 0.6) is 11.5 Å². The molecule has 1 N–H and O–H groups in total. The Hall–Kier alpha value is -1.22. The average molecular weight is 279 g/mol. The van der Waals surface area contributed by atoms with Crippen molar-refractivity contribution in [1.82, 2.24) is 5.32 Å². The predicted octanol–water partition coefficient (Wildman–Crippen LogP) is 3.88. The van der Waals surface area contributed by atoms with Crippen LogP contribution in [0, 0.1) is 5.92 Å². The van der Waals surface area contributed by atoms with Gasteiger partial charge < -0.3 is 14.8 Å². The molecule has 0 aliphatic carbocycles. The Balaban J connectivity index is 2.54. The van der Waals surface area contributed by atoms with Crippen LogP contribution in [0.1, 0.15) is 40.5 Å². The van der Waals surface area contributed by atoms with Gasteiger partial charge in [-0.1, -0.05) is 33.3 Å². The summed E-state index contributed by atoms with van der Waals surface area (Å²) in [7, 11) is 0. The summed E-state index contributed by atoms with van der Waals surface area (Å²) in [5.41, 5.74) is 0.